The summed E-state index contributed by atoms with van der Waals surface area (Å²) < 4.78 is 31.8. The van der Waals surface area contributed by atoms with E-state index >= 15 is 0 Å². The van der Waals surface area contributed by atoms with Gasteiger partial charge in [-0.2, -0.15) is 20.2 Å². The fourth-order valence-corrected chi connectivity index (χ4v) is 3.64. The molecule has 0 aromatic heterocycles. The lowest BCUT2D eigenvalue weighted by molar-refractivity contribution is -0.115. The second-order valence-corrected chi connectivity index (χ2v) is 8.21. The van der Waals surface area contributed by atoms with E-state index in [4.69, 9.17) is 0 Å². The topological polar surface area (TPSA) is 83.5 Å². The summed E-state index contributed by atoms with van der Waals surface area (Å²) in [6, 6.07) is 2.94. The highest BCUT2D eigenvalue weighted by Gasteiger charge is 2.16. The molecule has 0 aliphatic heterocycles. The minimum atomic E-state index is -4.29. The number of carbonyl (C=O) groups excluding carboxylic acids is 1. The number of thioether (sulfide) groups is 1. The van der Waals surface area contributed by atoms with Gasteiger partial charge in [-0.15, -0.1) is 0 Å². The predicted octanol–water partition coefficient (Wildman–Crippen LogP) is 3.27. The molecule has 0 aliphatic rings. The van der Waals surface area contributed by atoms with Gasteiger partial charge in [-0.25, -0.2) is 0 Å². The smallest absolute Gasteiger partial charge is 0.294 e. The molecule has 0 atom stereocenters. The molecule has 5 nitrogen and oxygen atoms in total. The van der Waals surface area contributed by atoms with E-state index in [1.54, 1.807) is 31.7 Å². The van der Waals surface area contributed by atoms with Crippen LogP contribution < -0.4 is 5.32 Å². The van der Waals surface area contributed by atoms with Crippen molar-refractivity contribution in [3.05, 3.63) is 23.3 Å². The summed E-state index contributed by atoms with van der Waals surface area (Å²) >= 11 is 1.72. The first kappa shape index (κ1) is 19.0. The molecule has 1 aromatic carbocycles. The summed E-state index contributed by atoms with van der Waals surface area (Å²) in [4.78, 5) is 11.7. The number of anilines is 1. The number of rotatable bonds is 7. The van der Waals surface area contributed by atoms with Gasteiger partial charge in [0, 0.05) is 17.9 Å². The summed E-state index contributed by atoms with van der Waals surface area (Å²) in [5, 5.41) is 2.71. The van der Waals surface area contributed by atoms with Crippen LogP contribution in [-0.2, 0) is 14.9 Å². The third-order valence-electron chi connectivity index (χ3n) is 3.00. The van der Waals surface area contributed by atoms with Crippen LogP contribution in [0.1, 0.15) is 31.4 Å². The van der Waals surface area contributed by atoms with Gasteiger partial charge >= 0.3 is 0 Å². The van der Waals surface area contributed by atoms with Crippen LogP contribution in [0, 0.1) is 19.8 Å². The number of hydrogen-bond acceptors (Lipinski definition) is 4. The molecule has 0 fully saturated rings. The molecule has 0 saturated carbocycles. The Morgan fingerprint density at radius 2 is 1.91 bits per heavy atom. The fourth-order valence-electron chi connectivity index (χ4n) is 1.94. The molecule has 0 radical (unpaired) electrons. The molecule has 1 rings (SSSR count). The third-order valence-corrected chi connectivity index (χ3v) is 5.39. The van der Waals surface area contributed by atoms with Crippen molar-refractivity contribution in [3.8, 4) is 0 Å². The van der Waals surface area contributed by atoms with Crippen LogP contribution in [0.3, 0.4) is 0 Å². The van der Waals surface area contributed by atoms with Gasteiger partial charge in [0.2, 0.25) is 5.91 Å². The summed E-state index contributed by atoms with van der Waals surface area (Å²) in [6.45, 7) is 7.63. The highest BCUT2D eigenvalue weighted by Crippen LogP contribution is 2.24. The second-order valence-electron chi connectivity index (χ2n) is 5.67. The Hall–Kier alpha value is -1.05. The molecule has 1 amide bonds. The maximum atomic E-state index is 11.9. The number of aryl methyl sites for hydroxylation is 2. The minimum absolute atomic E-state index is 0.163. The molecule has 124 valence electrons. The largest absolute Gasteiger partial charge is 0.326 e. The maximum Gasteiger partial charge on any atom is 0.294 e. The molecule has 0 heterocycles. The van der Waals surface area contributed by atoms with Crippen molar-refractivity contribution >= 4 is 33.5 Å². The zero-order chi connectivity index (χ0) is 16.9. The molecule has 0 saturated heterocycles. The van der Waals surface area contributed by atoms with Crippen LogP contribution in [0.15, 0.2) is 17.0 Å². The molecule has 0 spiro atoms. The Balaban J connectivity index is 2.75. The normalized spacial score (nSPS) is 11.7. The van der Waals surface area contributed by atoms with Crippen LogP contribution in [0.25, 0.3) is 0 Å². The van der Waals surface area contributed by atoms with E-state index in [9.17, 15) is 17.8 Å². The van der Waals surface area contributed by atoms with Crippen molar-refractivity contribution < 1.29 is 17.8 Å². The van der Waals surface area contributed by atoms with Crippen molar-refractivity contribution in [2.75, 3.05) is 16.8 Å². The van der Waals surface area contributed by atoms with Gasteiger partial charge in [-0.3, -0.25) is 9.35 Å². The van der Waals surface area contributed by atoms with Crippen LogP contribution in [0.5, 0.6) is 0 Å². The predicted molar refractivity (Wildman–Crippen MR) is 91.1 cm³/mol. The van der Waals surface area contributed by atoms with Crippen LogP contribution in [0.4, 0.5) is 5.69 Å². The zero-order valence-electron chi connectivity index (χ0n) is 13.3. The van der Waals surface area contributed by atoms with Crippen molar-refractivity contribution in [2.45, 2.75) is 39.0 Å². The lowest BCUT2D eigenvalue weighted by Crippen LogP contribution is -2.14. The first-order chi connectivity index (χ1) is 10.1. The SMILES string of the molecule is Cc1cc(C)c(S(=O)(=O)O)cc1NC(=O)CCSCC(C)C. The van der Waals surface area contributed by atoms with Crippen molar-refractivity contribution in [1.82, 2.24) is 0 Å². The van der Waals surface area contributed by atoms with E-state index in [0.717, 1.165) is 17.1 Å². The number of nitrogens with one attached hydrogen (secondary N) is 1. The summed E-state index contributed by atoms with van der Waals surface area (Å²) in [7, 11) is -4.29. The van der Waals surface area contributed by atoms with E-state index in [-0.39, 0.29) is 10.8 Å². The van der Waals surface area contributed by atoms with E-state index < -0.39 is 10.1 Å². The Labute approximate surface area is 136 Å². The lowest BCUT2D eigenvalue weighted by atomic mass is 10.1. The maximum absolute atomic E-state index is 11.9. The molecule has 2 N–H and O–H groups in total. The number of hydrogen-bond donors (Lipinski definition) is 2. The first-order valence-corrected chi connectivity index (χ1v) is 9.67. The highest BCUT2D eigenvalue weighted by molar-refractivity contribution is 7.99. The van der Waals surface area contributed by atoms with Gasteiger partial charge in [0.15, 0.2) is 0 Å². The van der Waals surface area contributed by atoms with Crippen LogP contribution in [0.2, 0.25) is 0 Å². The molecule has 7 heteroatoms. The number of amides is 1. The van der Waals surface area contributed by atoms with Gasteiger partial charge in [0.05, 0.1) is 4.90 Å². The Bertz CT molecular complexity index is 639. The van der Waals surface area contributed by atoms with Crippen LogP contribution >= 0.6 is 11.8 Å². The first-order valence-electron chi connectivity index (χ1n) is 7.07. The average Bonchev–Trinajstić information content (AvgIpc) is 2.36. The van der Waals surface area contributed by atoms with Gasteiger partial charge in [-0.05, 0) is 42.7 Å². The van der Waals surface area contributed by atoms with Gasteiger partial charge in [-0.1, -0.05) is 19.9 Å². The molecular weight excluding hydrogens is 322 g/mol. The van der Waals surface area contributed by atoms with Crippen molar-refractivity contribution in [2.24, 2.45) is 5.92 Å². The fraction of sp³-hybridized carbons (Fsp3) is 0.533. The quantitative estimate of drug-likeness (QED) is 0.585. The summed E-state index contributed by atoms with van der Waals surface area (Å²) in [5.74, 6) is 2.15. The Kier molecular flexibility index (Phi) is 6.90. The van der Waals surface area contributed by atoms with E-state index in [2.05, 4.69) is 19.2 Å². The van der Waals surface area contributed by atoms with Gasteiger partial charge in [0.1, 0.15) is 0 Å². The molecule has 0 bridgehead atoms. The van der Waals surface area contributed by atoms with E-state index in [0.29, 0.717) is 23.6 Å². The summed E-state index contributed by atoms with van der Waals surface area (Å²) in [6.07, 6.45) is 0.367. The van der Waals surface area contributed by atoms with E-state index in [1.807, 2.05) is 0 Å². The molecule has 0 aliphatic carbocycles. The minimum Gasteiger partial charge on any atom is -0.326 e. The Morgan fingerprint density at radius 1 is 1.27 bits per heavy atom. The monoisotopic (exact) mass is 345 g/mol. The molecule has 1 aromatic rings. The third kappa shape index (κ3) is 5.98. The standard InChI is InChI=1S/C15H23NO4S2/c1-10(2)9-21-6-5-15(17)16-13-8-14(22(18,19)20)12(4)7-11(13)3/h7-8,10H,5-6,9H2,1-4H3,(H,16,17)(H,18,19,20). The Morgan fingerprint density at radius 3 is 2.45 bits per heavy atom. The number of carbonyl (C=O) groups is 1. The lowest BCUT2D eigenvalue weighted by Gasteiger charge is -2.12. The molecular formula is C15H23NO4S2. The molecule has 22 heavy (non-hydrogen) atoms. The van der Waals surface area contributed by atoms with E-state index in [1.165, 1.54) is 6.07 Å². The van der Waals surface area contributed by atoms with Crippen molar-refractivity contribution in [1.29, 1.82) is 0 Å². The molecule has 0 unspecified atom stereocenters. The highest BCUT2D eigenvalue weighted by atomic mass is 32.2. The second kappa shape index (κ2) is 7.99. The van der Waals surface area contributed by atoms with Gasteiger partial charge in [0.25, 0.3) is 10.1 Å². The van der Waals surface area contributed by atoms with Crippen molar-refractivity contribution in [3.63, 3.8) is 0 Å². The summed E-state index contributed by atoms with van der Waals surface area (Å²) in [5.41, 5.74) is 1.62. The van der Waals surface area contributed by atoms with Crippen LogP contribution in [-0.4, -0.2) is 30.4 Å². The average molecular weight is 345 g/mol. The number of benzene rings is 1. The van der Waals surface area contributed by atoms with Gasteiger partial charge < -0.3 is 5.32 Å². The zero-order valence-corrected chi connectivity index (χ0v) is 15.0.